The molecule has 0 heterocycles. The van der Waals surface area contributed by atoms with Crippen molar-refractivity contribution in [3.63, 3.8) is 0 Å². The van der Waals surface area contributed by atoms with Crippen molar-refractivity contribution in [3.05, 3.63) is 29.3 Å². The van der Waals surface area contributed by atoms with Crippen LogP contribution in [0.1, 0.15) is 22.8 Å². The summed E-state index contributed by atoms with van der Waals surface area (Å²) in [5.74, 6) is -0.326. The zero-order chi connectivity index (χ0) is 12.8. The highest BCUT2D eigenvalue weighted by Gasteiger charge is 2.09. The number of ether oxygens (including phenoxy) is 2. The fourth-order valence-electron chi connectivity index (χ4n) is 1.58. The molecule has 0 aromatic heterocycles. The monoisotopic (exact) mass is 237 g/mol. The van der Waals surface area contributed by atoms with Gasteiger partial charge in [-0.2, -0.15) is 0 Å². The Morgan fingerprint density at radius 1 is 1.41 bits per heavy atom. The van der Waals surface area contributed by atoms with Crippen molar-refractivity contribution in [1.29, 1.82) is 0 Å². The van der Waals surface area contributed by atoms with E-state index in [2.05, 4.69) is 5.32 Å². The Hall–Kier alpha value is -1.55. The summed E-state index contributed by atoms with van der Waals surface area (Å²) in [7, 11) is 3.04. The average molecular weight is 237 g/mol. The number of aryl methyl sites for hydroxylation is 1. The molecule has 0 spiro atoms. The van der Waals surface area contributed by atoms with Crippen molar-refractivity contribution in [2.75, 3.05) is 26.1 Å². The van der Waals surface area contributed by atoms with Crippen LogP contribution >= 0.6 is 0 Å². The minimum atomic E-state index is -0.326. The van der Waals surface area contributed by atoms with Crippen LogP contribution in [0.2, 0.25) is 0 Å². The summed E-state index contributed by atoms with van der Waals surface area (Å²) in [5, 5.41) is 3.30. The summed E-state index contributed by atoms with van der Waals surface area (Å²) in [4.78, 5) is 11.4. The van der Waals surface area contributed by atoms with Crippen molar-refractivity contribution in [3.8, 4) is 0 Å². The van der Waals surface area contributed by atoms with Gasteiger partial charge in [0.15, 0.2) is 0 Å². The Morgan fingerprint density at radius 3 is 2.71 bits per heavy atom. The molecule has 94 valence electrons. The maximum atomic E-state index is 11.4. The minimum absolute atomic E-state index is 0.187. The maximum absolute atomic E-state index is 11.4. The van der Waals surface area contributed by atoms with Gasteiger partial charge in [0.1, 0.15) is 0 Å². The van der Waals surface area contributed by atoms with E-state index in [1.165, 1.54) is 7.11 Å². The highest BCUT2D eigenvalue weighted by Crippen LogP contribution is 2.18. The summed E-state index contributed by atoms with van der Waals surface area (Å²) < 4.78 is 9.75. The van der Waals surface area contributed by atoms with Gasteiger partial charge in [-0.15, -0.1) is 0 Å². The molecule has 4 heteroatoms. The largest absolute Gasteiger partial charge is 0.465 e. The quantitative estimate of drug-likeness (QED) is 0.798. The number of benzene rings is 1. The number of carbonyl (C=O) groups excluding carboxylic acids is 1. The van der Waals surface area contributed by atoms with Crippen molar-refractivity contribution in [1.82, 2.24) is 0 Å². The average Bonchev–Trinajstić information content (AvgIpc) is 2.31. The van der Waals surface area contributed by atoms with Crippen LogP contribution in [-0.4, -0.2) is 32.8 Å². The molecule has 0 aliphatic heterocycles. The predicted molar refractivity (Wildman–Crippen MR) is 67.5 cm³/mol. The molecule has 1 unspecified atom stereocenters. The predicted octanol–water partition coefficient (Wildman–Crippen LogP) is 2.23. The molecule has 1 rings (SSSR count). The molecule has 0 aliphatic carbocycles. The molecule has 1 aromatic rings. The van der Waals surface area contributed by atoms with Crippen LogP contribution in [0.25, 0.3) is 0 Å². The molecule has 1 atom stereocenters. The van der Waals surface area contributed by atoms with Gasteiger partial charge < -0.3 is 14.8 Å². The molecule has 0 fully saturated rings. The molecule has 0 saturated carbocycles. The third kappa shape index (κ3) is 3.75. The highest BCUT2D eigenvalue weighted by atomic mass is 16.5. The van der Waals surface area contributed by atoms with E-state index in [0.717, 1.165) is 11.3 Å². The summed E-state index contributed by atoms with van der Waals surface area (Å²) in [6, 6.07) is 5.64. The Balaban J connectivity index is 2.86. The molecule has 0 radical (unpaired) electrons. The molecule has 17 heavy (non-hydrogen) atoms. The Kier molecular flexibility index (Phi) is 4.97. The van der Waals surface area contributed by atoms with Crippen LogP contribution in [0, 0.1) is 6.92 Å². The third-order valence-electron chi connectivity index (χ3n) is 2.48. The topological polar surface area (TPSA) is 47.6 Å². The fourth-order valence-corrected chi connectivity index (χ4v) is 1.58. The van der Waals surface area contributed by atoms with Gasteiger partial charge in [-0.1, -0.05) is 6.07 Å². The molecule has 1 N–H and O–H groups in total. The number of methoxy groups -OCH3 is 2. The normalized spacial score (nSPS) is 12.0. The number of rotatable bonds is 5. The van der Waals surface area contributed by atoms with Gasteiger partial charge in [-0.05, 0) is 31.5 Å². The van der Waals surface area contributed by atoms with Crippen LogP contribution < -0.4 is 5.32 Å². The number of hydrogen-bond donors (Lipinski definition) is 1. The van der Waals surface area contributed by atoms with E-state index in [-0.39, 0.29) is 12.0 Å². The zero-order valence-corrected chi connectivity index (χ0v) is 10.7. The first-order valence-electron chi connectivity index (χ1n) is 5.53. The van der Waals surface area contributed by atoms with Gasteiger partial charge in [0, 0.05) is 18.8 Å². The number of nitrogens with one attached hydrogen (secondary N) is 1. The van der Waals surface area contributed by atoms with E-state index in [1.54, 1.807) is 19.2 Å². The lowest BCUT2D eigenvalue weighted by molar-refractivity contribution is 0.0601. The van der Waals surface area contributed by atoms with Crippen molar-refractivity contribution >= 4 is 11.7 Å². The van der Waals surface area contributed by atoms with Crippen LogP contribution in [-0.2, 0) is 9.47 Å². The first-order valence-corrected chi connectivity index (χ1v) is 5.53. The molecular weight excluding hydrogens is 218 g/mol. The smallest absolute Gasteiger partial charge is 0.337 e. The van der Waals surface area contributed by atoms with Crippen LogP contribution in [0.4, 0.5) is 5.69 Å². The number of esters is 1. The van der Waals surface area contributed by atoms with Crippen molar-refractivity contribution < 1.29 is 14.3 Å². The second kappa shape index (κ2) is 6.25. The van der Waals surface area contributed by atoms with Crippen LogP contribution in [0.5, 0.6) is 0 Å². The van der Waals surface area contributed by atoms with E-state index in [1.807, 2.05) is 19.9 Å². The summed E-state index contributed by atoms with van der Waals surface area (Å²) in [5.41, 5.74) is 2.56. The number of anilines is 1. The van der Waals surface area contributed by atoms with Gasteiger partial charge in [0.05, 0.1) is 19.3 Å². The lowest BCUT2D eigenvalue weighted by Gasteiger charge is -2.16. The van der Waals surface area contributed by atoms with Gasteiger partial charge in [-0.25, -0.2) is 4.79 Å². The molecular formula is C13H19NO3. The molecule has 0 amide bonds. The molecule has 4 nitrogen and oxygen atoms in total. The summed E-state index contributed by atoms with van der Waals surface area (Å²) in [6.07, 6.45) is 0. The second-order valence-electron chi connectivity index (χ2n) is 4.02. The van der Waals surface area contributed by atoms with Crippen LogP contribution in [0.15, 0.2) is 18.2 Å². The SMILES string of the molecule is COCC(C)Nc1cc(C(=O)OC)ccc1C. The molecule has 0 bridgehead atoms. The van der Waals surface area contributed by atoms with Gasteiger partial charge in [0.25, 0.3) is 0 Å². The summed E-state index contributed by atoms with van der Waals surface area (Å²) in [6.45, 7) is 4.62. The Labute approximate surface area is 102 Å². The standard InChI is InChI=1S/C13H19NO3/c1-9-5-6-11(13(15)17-4)7-12(9)14-10(2)8-16-3/h5-7,10,14H,8H2,1-4H3. The first kappa shape index (κ1) is 13.5. The minimum Gasteiger partial charge on any atom is -0.465 e. The van der Waals surface area contributed by atoms with E-state index in [4.69, 9.17) is 9.47 Å². The van der Waals surface area contributed by atoms with Crippen LogP contribution in [0.3, 0.4) is 0 Å². The highest BCUT2D eigenvalue weighted by molar-refractivity contribution is 5.90. The van der Waals surface area contributed by atoms with E-state index in [0.29, 0.717) is 12.2 Å². The molecule has 1 aromatic carbocycles. The zero-order valence-electron chi connectivity index (χ0n) is 10.7. The number of carbonyl (C=O) groups is 1. The Morgan fingerprint density at radius 2 is 2.12 bits per heavy atom. The molecule has 0 aliphatic rings. The van der Waals surface area contributed by atoms with Gasteiger partial charge >= 0.3 is 5.97 Å². The van der Waals surface area contributed by atoms with E-state index in [9.17, 15) is 4.79 Å². The summed E-state index contributed by atoms with van der Waals surface area (Å²) >= 11 is 0. The van der Waals surface area contributed by atoms with E-state index < -0.39 is 0 Å². The first-order chi connectivity index (χ1) is 8.08. The van der Waals surface area contributed by atoms with E-state index >= 15 is 0 Å². The van der Waals surface area contributed by atoms with Crippen molar-refractivity contribution in [2.24, 2.45) is 0 Å². The fraction of sp³-hybridized carbons (Fsp3) is 0.462. The second-order valence-corrected chi connectivity index (χ2v) is 4.02. The Bertz CT molecular complexity index is 390. The van der Waals surface area contributed by atoms with Gasteiger partial charge in [0.2, 0.25) is 0 Å². The van der Waals surface area contributed by atoms with Crippen molar-refractivity contribution in [2.45, 2.75) is 19.9 Å². The maximum Gasteiger partial charge on any atom is 0.337 e. The van der Waals surface area contributed by atoms with Gasteiger partial charge in [-0.3, -0.25) is 0 Å². The molecule has 0 saturated heterocycles. The number of hydrogen-bond acceptors (Lipinski definition) is 4. The lowest BCUT2D eigenvalue weighted by Crippen LogP contribution is -2.21. The lowest BCUT2D eigenvalue weighted by atomic mass is 10.1. The third-order valence-corrected chi connectivity index (χ3v) is 2.48.